The normalized spacial score (nSPS) is 13.7. The van der Waals surface area contributed by atoms with Gasteiger partial charge in [-0.25, -0.2) is 4.90 Å². The minimum atomic E-state index is -0.334. The number of carbonyl (C=O) groups excluding carboxylic acids is 2. The summed E-state index contributed by atoms with van der Waals surface area (Å²) in [5, 5.41) is 3.23. The first-order chi connectivity index (χ1) is 16.1. The van der Waals surface area contributed by atoms with E-state index in [9.17, 15) is 9.59 Å². The predicted molar refractivity (Wildman–Crippen MR) is 136 cm³/mol. The molecular weight excluding hydrogens is 428 g/mol. The molecule has 4 rings (SSSR count). The topological polar surface area (TPSA) is 49.4 Å². The number of hydrogen-bond acceptors (Lipinski definition) is 4. The zero-order chi connectivity index (χ0) is 23.2. The standard InChI is InChI=1S/C28H28N2O2S/c1-3-5-9-21-14-18-23(19-15-21)30-27(31)25(29-22-16-12-20(4-2)13-17-22)26(28(30)32)33-24-10-7-6-8-11-24/h6-8,10-19,29H,3-5,9H2,1-2H3. The van der Waals surface area contributed by atoms with Crippen LogP contribution in [-0.4, -0.2) is 11.8 Å². The number of rotatable bonds is 9. The summed E-state index contributed by atoms with van der Waals surface area (Å²) in [7, 11) is 0. The van der Waals surface area contributed by atoms with Crippen LogP contribution in [0.3, 0.4) is 0 Å². The first-order valence-electron chi connectivity index (χ1n) is 11.4. The lowest BCUT2D eigenvalue weighted by Crippen LogP contribution is -2.32. The molecule has 2 amide bonds. The maximum absolute atomic E-state index is 13.5. The van der Waals surface area contributed by atoms with Gasteiger partial charge in [0.1, 0.15) is 10.6 Å². The second-order valence-electron chi connectivity index (χ2n) is 8.01. The molecule has 0 bridgehead atoms. The molecule has 0 spiro atoms. The van der Waals surface area contributed by atoms with Crippen LogP contribution in [0.4, 0.5) is 11.4 Å². The Bertz CT molecular complexity index is 1150. The monoisotopic (exact) mass is 456 g/mol. The highest BCUT2D eigenvalue weighted by Gasteiger charge is 2.40. The van der Waals surface area contributed by atoms with Crippen LogP contribution in [0.15, 0.2) is 94.4 Å². The third-order valence-electron chi connectivity index (χ3n) is 5.65. The number of nitrogens with zero attached hydrogens (tertiary/aromatic N) is 1. The summed E-state index contributed by atoms with van der Waals surface area (Å²) in [6.45, 7) is 4.27. The molecule has 0 saturated heterocycles. The Morgan fingerprint density at radius 2 is 1.45 bits per heavy atom. The van der Waals surface area contributed by atoms with Gasteiger partial charge in [0.15, 0.2) is 0 Å². The van der Waals surface area contributed by atoms with Crippen molar-refractivity contribution in [1.29, 1.82) is 0 Å². The maximum Gasteiger partial charge on any atom is 0.283 e. The zero-order valence-electron chi connectivity index (χ0n) is 19.0. The van der Waals surface area contributed by atoms with Gasteiger partial charge in [0, 0.05) is 10.6 Å². The Morgan fingerprint density at radius 3 is 2.09 bits per heavy atom. The average Bonchev–Trinajstić information content (AvgIpc) is 3.08. The number of thioether (sulfide) groups is 1. The van der Waals surface area contributed by atoms with Crippen LogP contribution < -0.4 is 10.2 Å². The van der Waals surface area contributed by atoms with Crippen LogP contribution in [0.25, 0.3) is 0 Å². The van der Waals surface area contributed by atoms with Crippen molar-refractivity contribution in [3.8, 4) is 0 Å². The van der Waals surface area contributed by atoms with Gasteiger partial charge in [-0.3, -0.25) is 9.59 Å². The fraction of sp³-hybridized carbons (Fsp3) is 0.214. The Morgan fingerprint density at radius 1 is 0.788 bits per heavy atom. The molecule has 0 fully saturated rings. The molecule has 1 heterocycles. The van der Waals surface area contributed by atoms with E-state index in [0.29, 0.717) is 16.3 Å². The van der Waals surface area contributed by atoms with Gasteiger partial charge in [0.2, 0.25) is 0 Å². The second kappa shape index (κ2) is 10.5. The molecule has 4 nitrogen and oxygen atoms in total. The molecule has 1 aliphatic rings. The van der Waals surface area contributed by atoms with Crippen LogP contribution >= 0.6 is 11.8 Å². The van der Waals surface area contributed by atoms with Crippen LogP contribution in [-0.2, 0) is 22.4 Å². The minimum absolute atomic E-state index is 0.303. The van der Waals surface area contributed by atoms with Crippen molar-refractivity contribution in [2.45, 2.75) is 44.4 Å². The largest absolute Gasteiger partial charge is 0.350 e. The highest BCUT2D eigenvalue weighted by molar-refractivity contribution is 8.04. The number of aryl methyl sites for hydroxylation is 2. The van der Waals surface area contributed by atoms with E-state index < -0.39 is 0 Å². The SMILES string of the molecule is CCCCc1ccc(N2C(=O)C(Nc3ccc(CC)cc3)=C(Sc3ccccc3)C2=O)cc1. The van der Waals surface area contributed by atoms with Crippen molar-refractivity contribution in [3.05, 3.63) is 101 Å². The number of anilines is 2. The van der Waals surface area contributed by atoms with Gasteiger partial charge >= 0.3 is 0 Å². The van der Waals surface area contributed by atoms with Crippen molar-refractivity contribution in [3.63, 3.8) is 0 Å². The lowest BCUT2D eigenvalue weighted by Gasteiger charge is -2.16. The number of carbonyl (C=O) groups is 2. The zero-order valence-corrected chi connectivity index (χ0v) is 19.8. The summed E-state index contributed by atoms with van der Waals surface area (Å²) in [6, 6.07) is 25.3. The Balaban J connectivity index is 1.65. The molecule has 5 heteroatoms. The lowest BCUT2D eigenvalue weighted by molar-refractivity contribution is -0.120. The number of unbranched alkanes of at least 4 members (excludes halogenated alkanes) is 1. The molecule has 0 saturated carbocycles. The highest BCUT2D eigenvalue weighted by Crippen LogP contribution is 2.37. The average molecular weight is 457 g/mol. The van der Waals surface area contributed by atoms with E-state index in [1.165, 1.54) is 27.8 Å². The Hall–Kier alpha value is -3.31. The fourth-order valence-corrected chi connectivity index (χ4v) is 4.66. The summed E-state index contributed by atoms with van der Waals surface area (Å²) in [4.78, 5) is 29.5. The molecule has 1 N–H and O–H groups in total. The van der Waals surface area contributed by atoms with Gasteiger partial charge in [-0.05, 0) is 66.8 Å². The summed E-state index contributed by atoms with van der Waals surface area (Å²) >= 11 is 1.32. The van der Waals surface area contributed by atoms with Crippen LogP contribution in [0, 0.1) is 0 Å². The van der Waals surface area contributed by atoms with E-state index >= 15 is 0 Å². The fourth-order valence-electron chi connectivity index (χ4n) is 3.72. The number of amides is 2. The molecule has 3 aromatic carbocycles. The molecule has 33 heavy (non-hydrogen) atoms. The van der Waals surface area contributed by atoms with E-state index in [4.69, 9.17) is 0 Å². The molecule has 0 radical (unpaired) electrons. The molecule has 1 aliphatic heterocycles. The van der Waals surface area contributed by atoms with Crippen molar-refractivity contribution in [2.24, 2.45) is 0 Å². The number of benzene rings is 3. The third kappa shape index (κ3) is 5.20. The summed E-state index contributed by atoms with van der Waals surface area (Å²) < 4.78 is 0. The van der Waals surface area contributed by atoms with Crippen molar-refractivity contribution >= 4 is 35.0 Å². The van der Waals surface area contributed by atoms with Crippen molar-refractivity contribution in [1.82, 2.24) is 0 Å². The maximum atomic E-state index is 13.5. The van der Waals surface area contributed by atoms with Gasteiger partial charge < -0.3 is 5.32 Å². The van der Waals surface area contributed by atoms with Crippen molar-refractivity contribution in [2.75, 3.05) is 10.2 Å². The van der Waals surface area contributed by atoms with E-state index in [0.717, 1.165) is 36.3 Å². The van der Waals surface area contributed by atoms with Gasteiger partial charge in [-0.15, -0.1) is 0 Å². The molecule has 0 aliphatic carbocycles. The number of nitrogens with one attached hydrogen (secondary N) is 1. The summed E-state index contributed by atoms with van der Waals surface area (Å²) in [5.41, 5.74) is 4.11. The number of hydrogen-bond donors (Lipinski definition) is 1. The van der Waals surface area contributed by atoms with Gasteiger partial charge in [-0.1, -0.05) is 74.5 Å². The summed E-state index contributed by atoms with van der Waals surface area (Å²) in [6.07, 6.45) is 4.18. The van der Waals surface area contributed by atoms with Crippen LogP contribution in [0.5, 0.6) is 0 Å². The van der Waals surface area contributed by atoms with Gasteiger partial charge in [0.05, 0.1) is 5.69 Å². The smallest absolute Gasteiger partial charge is 0.283 e. The molecule has 0 aromatic heterocycles. The Labute approximate surface area is 199 Å². The highest BCUT2D eigenvalue weighted by atomic mass is 32.2. The van der Waals surface area contributed by atoms with Crippen LogP contribution in [0.1, 0.15) is 37.8 Å². The van der Waals surface area contributed by atoms with E-state index in [2.05, 4.69) is 19.2 Å². The van der Waals surface area contributed by atoms with E-state index in [-0.39, 0.29) is 11.8 Å². The Kier molecular flexibility index (Phi) is 7.30. The third-order valence-corrected chi connectivity index (χ3v) is 6.74. The first-order valence-corrected chi connectivity index (χ1v) is 12.2. The molecule has 168 valence electrons. The van der Waals surface area contributed by atoms with E-state index in [1.54, 1.807) is 0 Å². The van der Waals surface area contributed by atoms with Crippen molar-refractivity contribution < 1.29 is 9.59 Å². The predicted octanol–water partition coefficient (Wildman–Crippen LogP) is 6.58. The molecular formula is C28H28N2O2S. The quantitative estimate of drug-likeness (QED) is 0.370. The van der Waals surface area contributed by atoms with Crippen LogP contribution in [0.2, 0.25) is 0 Å². The number of imide groups is 1. The first kappa shape index (κ1) is 22.9. The molecule has 0 atom stereocenters. The minimum Gasteiger partial charge on any atom is -0.350 e. The van der Waals surface area contributed by atoms with E-state index in [1.807, 2.05) is 78.9 Å². The van der Waals surface area contributed by atoms with Gasteiger partial charge in [-0.2, -0.15) is 0 Å². The summed E-state index contributed by atoms with van der Waals surface area (Å²) in [5.74, 6) is -0.637. The molecule has 3 aromatic rings. The lowest BCUT2D eigenvalue weighted by atomic mass is 10.1. The second-order valence-corrected chi connectivity index (χ2v) is 9.09. The molecule has 0 unspecified atom stereocenters. The van der Waals surface area contributed by atoms with Gasteiger partial charge in [0.25, 0.3) is 11.8 Å².